The fourth-order valence-corrected chi connectivity index (χ4v) is 2.45. The third-order valence-electron chi connectivity index (χ3n) is 3.34. The van der Waals surface area contributed by atoms with Gasteiger partial charge in [-0.3, -0.25) is 0 Å². The maximum Gasteiger partial charge on any atom is 0.242 e. The summed E-state index contributed by atoms with van der Waals surface area (Å²) in [6.45, 7) is 5.25. The van der Waals surface area contributed by atoms with Crippen LogP contribution in [0.15, 0.2) is 6.33 Å². The van der Waals surface area contributed by atoms with Crippen molar-refractivity contribution in [2.45, 2.75) is 19.4 Å². The summed E-state index contributed by atoms with van der Waals surface area (Å²) < 4.78 is 5.15. The van der Waals surface area contributed by atoms with Crippen LogP contribution in [0.3, 0.4) is 0 Å². The van der Waals surface area contributed by atoms with E-state index in [0.717, 1.165) is 31.9 Å². The highest BCUT2D eigenvalue weighted by Gasteiger charge is 2.23. The zero-order chi connectivity index (χ0) is 13.1. The Morgan fingerprint density at radius 1 is 1.39 bits per heavy atom. The van der Waals surface area contributed by atoms with Crippen LogP contribution in [0.4, 0.5) is 11.5 Å². The first-order chi connectivity index (χ1) is 8.63. The summed E-state index contributed by atoms with van der Waals surface area (Å²) in [5, 5.41) is 0. The molecule has 1 aromatic heterocycles. The Morgan fingerprint density at radius 3 is 2.89 bits per heavy atom. The number of nitrogens with two attached hydrogens (primary N) is 1. The third kappa shape index (κ3) is 2.48. The van der Waals surface area contributed by atoms with Gasteiger partial charge < -0.3 is 20.3 Å². The lowest BCUT2D eigenvalue weighted by Crippen LogP contribution is -2.38. The smallest absolute Gasteiger partial charge is 0.242 e. The number of hydrogen-bond acceptors (Lipinski definition) is 6. The Hall–Kier alpha value is -1.56. The van der Waals surface area contributed by atoms with E-state index in [1.807, 2.05) is 0 Å². The minimum Gasteiger partial charge on any atom is -0.479 e. The van der Waals surface area contributed by atoms with Gasteiger partial charge in [-0.2, -0.15) is 4.98 Å². The van der Waals surface area contributed by atoms with Gasteiger partial charge >= 0.3 is 0 Å². The van der Waals surface area contributed by atoms with Crippen LogP contribution in [0.1, 0.15) is 13.3 Å². The summed E-state index contributed by atoms with van der Waals surface area (Å²) >= 11 is 0. The molecule has 1 unspecified atom stereocenters. The van der Waals surface area contributed by atoms with Gasteiger partial charge in [0.15, 0.2) is 5.82 Å². The zero-order valence-corrected chi connectivity index (χ0v) is 11.3. The second kappa shape index (κ2) is 5.39. The Kier molecular flexibility index (Phi) is 3.86. The molecule has 6 heteroatoms. The van der Waals surface area contributed by atoms with Gasteiger partial charge in [0.2, 0.25) is 5.88 Å². The predicted molar refractivity (Wildman–Crippen MR) is 71.9 cm³/mol. The first-order valence-electron chi connectivity index (χ1n) is 6.23. The minimum absolute atomic E-state index is 0.374. The van der Waals surface area contributed by atoms with E-state index in [1.165, 1.54) is 6.33 Å². The first kappa shape index (κ1) is 12.9. The van der Waals surface area contributed by atoms with Gasteiger partial charge in [0.25, 0.3) is 0 Å². The van der Waals surface area contributed by atoms with Crippen molar-refractivity contribution in [1.29, 1.82) is 0 Å². The van der Waals surface area contributed by atoms with E-state index in [0.29, 0.717) is 17.6 Å². The summed E-state index contributed by atoms with van der Waals surface area (Å²) in [6, 6.07) is 0.374. The second-order valence-corrected chi connectivity index (χ2v) is 4.78. The lowest BCUT2D eigenvalue weighted by molar-refractivity contribution is 0.337. The van der Waals surface area contributed by atoms with Gasteiger partial charge in [-0.1, -0.05) is 0 Å². The van der Waals surface area contributed by atoms with E-state index in [2.05, 4.69) is 33.7 Å². The van der Waals surface area contributed by atoms with Gasteiger partial charge in [-0.05, 0) is 26.9 Å². The average molecular weight is 251 g/mol. The van der Waals surface area contributed by atoms with Crippen LogP contribution >= 0.6 is 0 Å². The number of hydrogen-bond donors (Lipinski definition) is 1. The molecule has 2 rings (SSSR count). The fourth-order valence-electron chi connectivity index (χ4n) is 2.45. The van der Waals surface area contributed by atoms with Crippen molar-refractivity contribution < 1.29 is 4.74 Å². The molecule has 0 radical (unpaired) electrons. The van der Waals surface area contributed by atoms with E-state index in [1.54, 1.807) is 7.11 Å². The highest BCUT2D eigenvalue weighted by atomic mass is 16.5. The first-order valence-corrected chi connectivity index (χ1v) is 6.23. The van der Waals surface area contributed by atoms with Crippen molar-refractivity contribution in [3.63, 3.8) is 0 Å². The van der Waals surface area contributed by atoms with Crippen LogP contribution in [0.25, 0.3) is 0 Å². The summed E-state index contributed by atoms with van der Waals surface area (Å²) in [6.07, 6.45) is 2.61. The lowest BCUT2D eigenvalue weighted by atomic mass is 10.2. The predicted octanol–water partition coefficient (Wildman–Crippen LogP) is 0.598. The molecule has 1 aliphatic rings. The van der Waals surface area contributed by atoms with E-state index < -0.39 is 0 Å². The quantitative estimate of drug-likeness (QED) is 0.830. The summed E-state index contributed by atoms with van der Waals surface area (Å²) in [4.78, 5) is 12.9. The minimum atomic E-state index is 0.374. The molecular weight excluding hydrogens is 230 g/mol. The molecule has 0 spiro atoms. The highest BCUT2D eigenvalue weighted by Crippen LogP contribution is 2.29. The molecule has 1 fully saturated rings. The molecule has 0 amide bonds. The lowest BCUT2D eigenvalue weighted by Gasteiger charge is -2.29. The monoisotopic (exact) mass is 251 g/mol. The SMILES string of the molecule is COc1ncnc(N2CCCN(C)CC2C)c1N. The van der Waals surface area contributed by atoms with Crippen molar-refractivity contribution in [3.8, 4) is 5.88 Å². The molecule has 18 heavy (non-hydrogen) atoms. The Morgan fingerprint density at radius 2 is 2.17 bits per heavy atom. The standard InChI is InChI=1S/C12H21N5O/c1-9-7-16(2)5-4-6-17(9)11-10(13)12(18-3)15-8-14-11/h8-9H,4-7,13H2,1-3H3. The molecule has 0 bridgehead atoms. The van der Waals surface area contributed by atoms with Crippen molar-refractivity contribution in [1.82, 2.24) is 14.9 Å². The van der Waals surface area contributed by atoms with Gasteiger partial charge in [0.05, 0.1) is 7.11 Å². The van der Waals surface area contributed by atoms with Gasteiger partial charge in [-0.15, -0.1) is 0 Å². The van der Waals surface area contributed by atoms with Gasteiger partial charge in [0, 0.05) is 19.1 Å². The number of aromatic nitrogens is 2. The molecule has 1 atom stereocenters. The van der Waals surface area contributed by atoms with Crippen molar-refractivity contribution in [2.24, 2.45) is 0 Å². The average Bonchev–Trinajstić information content (AvgIpc) is 2.51. The maximum atomic E-state index is 6.07. The molecule has 2 heterocycles. The Balaban J connectivity index is 2.29. The van der Waals surface area contributed by atoms with E-state index in [-0.39, 0.29) is 0 Å². The molecule has 0 aliphatic carbocycles. The van der Waals surface area contributed by atoms with E-state index in [9.17, 15) is 0 Å². The Bertz CT molecular complexity index is 411. The van der Waals surface area contributed by atoms with Crippen LogP contribution < -0.4 is 15.4 Å². The maximum absolute atomic E-state index is 6.07. The number of nitrogen functional groups attached to an aromatic ring is 1. The van der Waals surface area contributed by atoms with Crippen molar-refractivity contribution in [3.05, 3.63) is 6.33 Å². The molecule has 2 N–H and O–H groups in total. The molecule has 100 valence electrons. The van der Waals surface area contributed by atoms with Crippen LogP contribution in [0, 0.1) is 0 Å². The van der Waals surface area contributed by atoms with Crippen LogP contribution in [0.2, 0.25) is 0 Å². The summed E-state index contributed by atoms with van der Waals surface area (Å²) in [7, 11) is 3.71. The highest BCUT2D eigenvalue weighted by molar-refractivity contribution is 5.68. The molecule has 1 aliphatic heterocycles. The van der Waals surface area contributed by atoms with Crippen LogP contribution in [-0.2, 0) is 0 Å². The summed E-state index contributed by atoms with van der Waals surface area (Å²) in [5.41, 5.74) is 6.59. The largest absolute Gasteiger partial charge is 0.479 e. The third-order valence-corrected chi connectivity index (χ3v) is 3.34. The fraction of sp³-hybridized carbons (Fsp3) is 0.667. The summed E-state index contributed by atoms with van der Waals surface area (Å²) in [5.74, 6) is 1.23. The van der Waals surface area contributed by atoms with Gasteiger partial charge in [-0.25, -0.2) is 4.98 Å². The molecular formula is C12H21N5O. The molecule has 1 aromatic rings. The van der Waals surface area contributed by atoms with Gasteiger partial charge in [0.1, 0.15) is 12.0 Å². The second-order valence-electron chi connectivity index (χ2n) is 4.78. The number of methoxy groups -OCH3 is 1. The number of likely N-dealkylation sites (N-methyl/N-ethyl adjacent to an activating group) is 1. The zero-order valence-electron chi connectivity index (χ0n) is 11.3. The number of anilines is 2. The Labute approximate surface area is 108 Å². The van der Waals surface area contributed by atoms with Crippen LogP contribution in [-0.4, -0.2) is 54.7 Å². The molecule has 0 saturated carbocycles. The molecule has 1 saturated heterocycles. The van der Waals surface area contributed by atoms with E-state index in [4.69, 9.17) is 10.5 Å². The molecule has 6 nitrogen and oxygen atoms in total. The number of nitrogens with zero attached hydrogens (tertiary/aromatic N) is 4. The topological polar surface area (TPSA) is 67.5 Å². The van der Waals surface area contributed by atoms with Crippen LogP contribution in [0.5, 0.6) is 5.88 Å². The van der Waals surface area contributed by atoms with Crippen molar-refractivity contribution >= 4 is 11.5 Å². The number of ether oxygens (including phenoxy) is 1. The number of rotatable bonds is 2. The van der Waals surface area contributed by atoms with Crippen molar-refractivity contribution in [2.75, 3.05) is 44.4 Å². The normalized spacial score (nSPS) is 21.7. The van der Waals surface area contributed by atoms with E-state index >= 15 is 0 Å². The molecule has 0 aromatic carbocycles.